The van der Waals surface area contributed by atoms with Crippen LogP contribution in [-0.4, -0.2) is 33.9 Å². The van der Waals surface area contributed by atoms with Crippen LogP contribution in [0.4, 0.5) is 0 Å². The summed E-state index contributed by atoms with van der Waals surface area (Å²) < 4.78 is 1.85. The van der Waals surface area contributed by atoms with Gasteiger partial charge in [0.15, 0.2) is 0 Å². The summed E-state index contributed by atoms with van der Waals surface area (Å²) in [6, 6.07) is 7.04. The second kappa shape index (κ2) is 5.41. The Labute approximate surface area is 127 Å². The first-order valence-electron chi connectivity index (χ1n) is 6.89. The Bertz CT molecular complexity index is 710. The lowest BCUT2D eigenvalue weighted by Crippen LogP contribution is -2.44. The molecule has 1 atom stereocenters. The average Bonchev–Trinajstić information content (AvgIpc) is 3.06. The predicted molar refractivity (Wildman–Crippen MR) is 80.9 cm³/mol. The van der Waals surface area contributed by atoms with Gasteiger partial charge in [0, 0.05) is 23.3 Å². The van der Waals surface area contributed by atoms with Crippen molar-refractivity contribution in [3.05, 3.63) is 35.5 Å². The van der Waals surface area contributed by atoms with Gasteiger partial charge in [0.1, 0.15) is 12.6 Å². The number of aromatic nitrogens is 1. The van der Waals surface area contributed by atoms with E-state index in [0.29, 0.717) is 18.0 Å². The van der Waals surface area contributed by atoms with Crippen LogP contribution in [0.15, 0.2) is 30.5 Å². The lowest BCUT2D eigenvalue weighted by Gasteiger charge is -2.22. The number of carbonyl (C=O) groups is 2. The number of hydrogen-bond acceptors (Lipinski definition) is 2. The number of carbonyl (C=O) groups excluding carboxylic acids is 2. The van der Waals surface area contributed by atoms with Gasteiger partial charge in [0.2, 0.25) is 11.8 Å². The Hall–Kier alpha value is -2.01. The lowest BCUT2D eigenvalue weighted by molar-refractivity contribution is -0.137. The number of halogens is 1. The van der Waals surface area contributed by atoms with Crippen molar-refractivity contribution in [1.29, 1.82) is 0 Å². The highest BCUT2D eigenvalue weighted by atomic mass is 35.5. The summed E-state index contributed by atoms with van der Waals surface area (Å²) in [6.07, 6.45) is 3.32. The van der Waals surface area contributed by atoms with Gasteiger partial charge in [0.25, 0.3) is 0 Å². The molecule has 2 N–H and O–H groups in total. The molecule has 2 amide bonds. The topological polar surface area (TPSA) is 68.3 Å². The minimum atomic E-state index is -0.470. The van der Waals surface area contributed by atoms with E-state index in [1.54, 1.807) is 4.90 Å². The van der Waals surface area contributed by atoms with Gasteiger partial charge in [-0.25, -0.2) is 0 Å². The van der Waals surface area contributed by atoms with Crippen molar-refractivity contribution in [2.45, 2.75) is 25.4 Å². The minimum absolute atomic E-state index is 0.0891. The molecule has 3 rings (SSSR count). The normalized spacial score (nSPS) is 18.3. The van der Waals surface area contributed by atoms with Crippen LogP contribution in [0.2, 0.25) is 5.02 Å². The Balaban J connectivity index is 1.83. The van der Waals surface area contributed by atoms with Crippen molar-refractivity contribution in [3.63, 3.8) is 0 Å². The Morgan fingerprint density at radius 2 is 2.14 bits per heavy atom. The number of benzene rings is 1. The molecule has 1 aliphatic rings. The number of hydrogen-bond donors (Lipinski definition) is 1. The van der Waals surface area contributed by atoms with Crippen LogP contribution in [0.3, 0.4) is 0 Å². The molecule has 0 saturated carbocycles. The minimum Gasteiger partial charge on any atom is -0.368 e. The highest BCUT2D eigenvalue weighted by Crippen LogP contribution is 2.22. The molecular formula is C15H16ClN3O2. The summed E-state index contributed by atoms with van der Waals surface area (Å²) in [4.78, 5) is 25.4. The molecule has 2 heterocycles. The molecular weight excluding hydrogens is 290 g/mol. The van der Waals surface area contributed by atoms with Crippen LogP contribution in [-0.2, 0) is 16.1 Å². The van der Waals surface area contributed by atoms with Crippen molar-refractivity contribution in [2.75, 3.05) is 6.54 Å². The summed E-state index contributed by atoms with van der Waals surface area (Å²) in [7, 11) is 0. The van der Waals surface area contributed by atoms with E-state index in [-0.39, 0.29) is 12.5 Å². The van der Waals surface area contributed by atoms with Gasteiger partial charge in [-0.15, -0.1) is 0 Å². The SMILES string of the molecule is NC(=O)[C@@H]1CCCN1C(=O)Cn1ccc2ccc(Cl)cc21. The maximum absolute atomic E-state index is 12.4. The zero-order chi connectivity index (χ0) is 15.0. The second-order valence-electron chi connectivity index (χ2n) is 5.29. The van der Waals surface area contributed by atoms with Crippen molar-refractivity contribution in [3.8, 4) is 0 Å². The fraction of sp³-hybridized carbons (Fsp3) is 0.333. The first-order chi connectivity index (χ1) is 10.1. The molecule has 1 fully saturated rings. The maximum Gasteiger partial charge on any atom is 0.243 e. The van der Waals surface area contributed by atoms with Crippen LogP contribution in [0.5, 0.6) is 0 Å². The quantitative estimate of drug-likeness (QED) is 0.939. The molecule has 0 unspecified atom stereocenters. The number of likely N-dealkylation sites (tertiary alicyclic amines) is 1. The Morgan fingerprint density at radius 3 is 2.90 bits per heavy atom. The summed E-state index contributed by atoms with van der Waals surface area (Å²) in [5, 5.41) is 1.66. The molecule has 0 radical (unpaired) electrons. The fourth-order valence-electron chi connectivity index (χ4n) is 2.89. The van der Waals surface area contributed by atoms with E-state index in [4.69, 9.17) is 17.3 Å². The van der Waals surface area contributed by atoms with Crippen LogP contribution < -0.4 is 5.73 Å². The van der Waals surface area contributed by atoms with E-state index in [1.165, 1.54) is 0 Å². The average molecular weight is 306 g/mol. The molecule has 1 aromatic heterocycles. The first-order valence-corrected chi connectivity index (χ1v) is 7.27. The van der Waals surface area contributed by atoms with Crippen molar-refractivity contribution in [2.24, 2.45) is 5.73 Å². The third kappa shape index (κ3) is 2.61. The fourth-order valence-corrected chi connectivity index (χ4v) is 3.06. The number of nitrogens with two attached hydrogens (primary N) is 1. The third-order valence-corrected chi connectivity index (χ3v) is 4.18. The van der Waals surface area contributed by atoms with Crippen molar-refractivity contribution in [1.82, 2.24) is 9.47 Å². The van der Waals surface area contributed by atoms with E-state index in [0.717, 1.165) is 17.3 Å². The van der Waals surface area contributed by atoms with Gasteiger partial charge in [-0.1, -0.05) is 17.7 Å². The van der Waals surface area contributed by atoms with E-state index >= 15 is 0 Å². The summed E-state index contributed by atoms with van der Waals surface area (Å²) >= 11 is 6.01. The summed E-state index contributed by atoms with van der Waals surface area (Å²) in [5.74, 6) is -0.518. The molecule has 2 aromatic rings. The number of nitrogens with zero attached hydrogens (tertiary/aromatic N) is 2. The van der Waals surface area contributed by atoms with Crippen LogP contribution in [0.1, 0.15) is 12.8 Å². The standard InChI is InChI=1S/C15H16ClN3O2/c16-11-4-3-10-5-7-18(13(10)8-11)9-14(20)19-6-1-2-12(19)15(17)21/h3-5,7-8,12H,1-2,6,9H2,(H2,17,21)/t12-/m0/s1. The molecule has 21 heavy (non-hydrogen) atoms. The number of rotatable bonds is 3. The summed E-state index contributed by atoms with van der Waals surface area (Å²) in [6.45, 7) is 0.778. The first kappa shape index (κ1) is 13.9. The van der Waals surface area contributed by atoms with E-state index in [2.05, 4.69) is 0 Å². The van der Waals surface area contributed by atoms with Gasteiger partial charge < -0.3 is 15.2 Å². The van der Waals surface area contributed by atoms with Gasteiger partial charge in [-0.3, -0.25) is 9.59 Å². The molecule has 1 aliphatic heterocycles. The van der Waals surface area contributed by atoms with E-state index in [1.807, 2.05) is 35.0 Å². The predicted octanol–water partition coefficient (Wildman–Crippen LogP) is 1.77. The highest BCUT2D eigenvalue weighted by molar-refractivity contribution is 6.31. The zero-order valence-corrected chi connectivity index (χ0v) is 12.2. The van der Waals surface area contributed by atoms with E-state index < -0.39 is 11.9 Å². The lowest BCUT2D eigenvalue weighted by atomic mass is 10.2. The number of primary amides is 1. The molecule has 0 bridgehead atoms. The van der Waals surface area contributed by atoms with Gasteiger partial charge in [0.05, 0.1) is 0 Å². The second-order valence-corrected chi connectivity index (χ2v) is 5.73. The molecule has 5 nitrogen and oxygen atoms in total. The third-order valence-electron chi connectivity index (χ3n) is 3.94. The van der Waals surface area contributed by atoms with Gasteiger partial charge >= 0.3 is 0 Å². The molecule has 0 spiro atoms. The van der Waals surface area contributed by atoms with Crippen molar-refractivity contribution < 1.29 is 9.59 Å². The highest BCUT2D eigenvalue weighted by Gasteiger charge is 2.32. The van der Waals surface area contributed by atoms with Gasteiger partial charge in [-0.05, 0) is 36.4 Å². The Morgan fingerprint density at radius 1 is 1.33 bits per heavy atom. The smallest absolute Gasteiger partial charge is 0.243 e. The van der Waals surface area contributed by atoms with E-state index in [9.17, 15) is 9.59 Å². The number of amides is 2. The van der Waals surface area contributed by atoms with Crippen molar-refractivity contribution >= 4 is 34.3 Å². The van der Waals surface area contributed by atoms with Crippen LogP contribution in [0, 0.1) is 0 Å². The molecule has 6 heteroatoms. The number of fused-ring (bicyclic) bond motifs is 1. The molecule has 0 aliphatic carbocycles. The Kier molecular flexibility index (Phi) is 3.59. The monoisotopic (exact) mass is 305 g/mol. The van der Waals surface area contributed by atoms with Gasteiger partial charge in [-0.2, -0.15) is 0 Å². The zero-order valence-electron chi connectivity index (χ0n) is 11.5. The molecule has 1 aromatic carbocycles. The van der Waals surface area contributed by atoms with Crippen LogP contribution in [0.25, 0.3) is 10.9 Å². The van der Waals surface area contributed by atoms with Crippen LogP contribution >= 0.6 is 11.6 Å². The molecule has 1 saturated heterocycles. The molecule has 110 valence electrons. The maximum atomic E-state index is 12.4. The summed E-state index contributed by atoms with van der Waals surface area (Å²) in [5.41, 5.74) is 6.26. The largest absolute Gasteiger partial charge is 0.368 e.